The molecule has 1 saturated carbocycles. The molecule has 0 heterocycles. The molecule has 1 fully saturated rings. The lowest BCUT2D eigenvalue weighted by Gasteiger charge is -2.20. The smallest absolute Gasteiger partial charge is 0.00170 e. The van der Waals surface area contributed by atoms with Crippen LogP contribution in [0.3, 0.4) is 0 Å². The summed E-state index contributed by atoms with van der Waals surface area (Å²) in [4.78, 5) is 0. The molecule has 1 atom stereocenters. The molecule has 0 spiro atoms. The van der Waals surface area contributed by atoms with Crippen molar-refractivity contribution in [3.8, 4) is 0 Å². The molecule has 0 amide bonds. The van der Waals surface area contributed by atoms with Crippen molar-refractivity contribution in [1.82, 2.24) is 0 Å². The van der Waals surface area contributed by atoms with Crippen LogP contribution in [0.2, 0.25) is 0 Å². The van der Waals surface area contributed by atoms with Crippen molar-refractivity contribution in [3.63, 3.8) is 0 Å². The van der Waals surface area contributed by atoms with Gasteiger partial charge in [0.15, 0.2) is 0 Å². The summed E-state index contributed by atoms with van der Waals surface area (Å²) in [5, 5.41) is 0. The standard InChI is InChI=1S/C21H30/c1-7-9-10-11-12-13-17(5)21(19-14-15-19)20(8-2)18(6)16(3)4/h7-11,18-19H,2-3,5,12-15H2,1,4,6H3/b9-7+,11-10+,21-20+/t18-/m1/s1. The van der Waals surface area contributed by atoms with Crippen LogP contribution < -0.4 is 0 Å². The van der Waals surface area contributed by atoms with Crippen molar-refractivity contribution in [1.29, 1.82) is 0 Å². The van der Waals surface area contributed by atoms with Crippen LogP contribution in [0.1, 0.15) is 46.5 Å². The van der Waals surface area contributed by atoms with Gasteiger partial charge in [-0.3, -0.25) is 0 Å². The molecular formula is C21H30. The molecule has 0 aromatic carbocycles. The van der Waals surface area contributed by atoms with Gasteiger partial charge in [-0.15, -0.1) is 0 Å². The second-order valence-corrected chi connectivity index (χ2v) is 6.01. The average Bonchev–Trinajstić information content (AvgIpc) is 3.27. The van der Waals surface area contributed by atoms with E-state index in [1.807, 2.05) is 19.1 Å². The summed E-state index contributed by atoms with van der Waals surface area (Å²) >= 11 is 0. The molecule has 114 valence electrons. The average molecular weight is 282 g/mol. The fourth-order valence-electron chi connectivity index (χ4n) is 2.56. The molecule has 1 aliphatic carbocycles. The van der Waals surface area contributed by atoms with E-state index < -0.39 is 0 Å². The summed E-state index contributed by atoms with van der Waals surface area (Å²) in [6.07, 6.45) is 15.1. The van der Waals surface area contributed by atoms with E-state index in [0.29, 0.717) is 11.8 Å². The van der Waals surface area contributed by atoms with Crippen molar-refractivity contribution < 1.29 is 0 Å². The third kappa shape index (κ3) is 5.38. The molecule has 1 rings (SSSR count). The molecule has 0 bridgehead atoms. The quantitative estimate of drug-likeness (QED) is 0.332. The van der Waals surface area contributed by atoms with Gasteiger partial charge in [0.25, 0.3) is 0 Å². The van der Waals surface area contributed by atoms with Crippen molar-refractivity contribution >= 4 is 0 Å². The van der Waals surface area contributed by atoms with Gasteiger partial charge in [0.05, 0.1) is 0 Å². The first kappa shape index (κ1) is 17.5. The van der Waals surface area contributed by atoms with Crippen LogP contribution in [0.4, 0.5) is 0 Å². The maximum Gasteiger partial charge on any atom is 0.00170 e. The summed E-state index contributed by atoms with van der Waals surface area (Å²) in [7, 11) is 0. The van der Waals surface area contributed by atoms with Crippen LogP contribution in [0, 0.1) is 11.8 Å². The van der Waals surface area contributed by atoms with Gasteiger partial charge in [0.2, 0.25) is 0 Å². The summed E-state index contributed by atoms with van der Waals surface area (Å²) < 4.78 is 0. The first-order chi connectivity index (χ1) is 10.0. The molecule has 0 unspecified atom stereocenters. The summed E-state index contributed by atoms with van der Waals surface area (Å²) in [6, 6.07) is 0. The lowest BCUT2D eigenvalue weighted by molar-refractivity contribution is 0.788. The van der Waals surface area contributed by atoms with Gasteiger partial charge in [-0.05, 0) is 56.6 Å². The Morgan fingerprint density at radius 3 is 2.38 bits per heavy atom. The number of allylic oxidation sites excluding steroid dienone is 9. The Morgan fingerprint density at radius 1 is 1.24 bits per heavy atom. The zero-order valence-electron chi connectivity index (χ0n) is 14.0. The summed E-state index contributed by atoms with van der Waals surface area (Å²) in [6.45, 7) is 18.9. The zero-order chi connectivity index (χ0) is 15.8. The van der Waals surface area contributed by atoms with Crippen LogP contribution >= 0.6 is 0 Å². The Balaban J connectivity index is 2.86. The highest BCUT2D eigenvalue weighted by molar-refractivity contribution is 5.45. The van der Waals surface area contributed by atoms with Crippen LogP contribution in [0.15, 0.2) is 72.4 Å². The maximum atomic E-state index is 4.36. The minimum absolute atomic E-state index is 0.369. The highest BCUT2D eigenvalue weighted by atomic mass is 14.3. The Kier molecular flexibility index (Phi) is 7.22. The van der Waals surface area contributed by atoms with Gasteiger partial charge >= 0.3 is 0 Å². The van der Waals surface area contributed by atoms with E-state index in [9.17, 15) is 0 Å². The molecular weight excluding hydrogens is 252 g/mol. The lowest BCUT2D eigenvalue weighted by atomic mass is 9.85. The zero-order valence-corrected chi connectivity index (χ0v) is 14.0. The normalized spacial score (nSPS) is 17.9. The Morgan fingerprint density at radius 2 is 1.90 bits per heavy atom. The Hall–Kier alpha value is -1.56. The first-order valence-corrected chi connectivity index (χ1v) is 8.00. The van der Waals surface area contributed by atoms with E-state index in [-0.39, 0.29) is 0 Å². The van der Waals surface area contributed by atoms with Crippen LogP contribution in [-0.4, -0.2) is 0 Å². The summed E-state index contributed by atoms with van der Waals surface area (Å²) in [5.41, 5.74) is 5.28. The van der Waals surface area contributed by atoms with Gasteiger partial charge in [-0.25, -0.2) is 0 Å². The maximum absolute atomic E-state index is 4.36. The second-order valence-electron chi connectivity index (χ2n) is 6.01. The molecule has 21 heavy (non-hydrogen) atoms. The molecule has 0 nitrogen and oxygen atoms in total. The third-order valence-electron chi connectivity index (χ3n) is 4.16. The molecule has 1 aliphatic rings. The molecule has 0 saturated heterocycles. The predicted octanol–water partition coefficient (Wildman–Crippen LogP) is 6.56. The molecule has 0 aromatic rings. The molecule has 0 heteroatoms. The molecule has 0 aromatic heterocycles. The van der Waals surface area contributed by atoms with E-state index >= 15 is 0 Å². The largest absolute Gasteiger partial charge is 0.0995 e. The van der Waals surface area contributed by atoms with Crippen molar-refractivity contribution in [2.45, 2.75) is 46.5 Å². The minimum Gasteiger partial charge on any atom is -0.0995 e. The fourth-order valence-corrected chi connectivity index (χ4v) is 2.56. The minimum atomic E-state index is 0.369. The highest BCUT2D eigenvalue weighted by Gasteiger charge is 2.30. The molecule has 0 aliphatic heterocycles. The highest BCUT2D eigenvalue weighted by Crippen LogP contribution is 2.44. The van der Waals surface area contributed by atoms with Gasteiger partial charge in [-0.1, -0.05) is 68.2 Å². The van der Waals surface area contributed by atoms with Crippen LogP contribution in [0.5, 0.6) is 0 Å². The fraction of sp³-hybridized carbons (Fsp3) is 0.429. The number of hydrogen-bond acceptors (Lipinski definition) is 0. The molecule has 0 radical (unpaired) electrons. The van der Waals surface area contributed by atoms with Crippen molar-refractivity contribution in [2.75, 3.05) is 0 Å². The van der Waals surface area contributed by atoms with E-state index in [4.69, 9.17) is 0 Å². The second kappa shape index (κ2) is 8.67. The van der Waals surface area contributed by atoms with E-state index in [2.05, 4.69) is 51.8 Å². The Labute approximate surface area is 131 Å². The lowest BCUT2D eigenvalue weighted by Crippen LogP contribution is -2.05. The van der Waals surface area contributed by atoms with Gasteiger partial charge in [0.1, 0.15) is 0 Å². The Bertz CT molecular complexity index is 478. The van der Waals surface area contributed by atoms with Crippen LogP contribution in [-0.2, 0) is 0 Å². The predicted molar refractivity (Wildman–Crippen MR) is 96.3 cm³/mol. The van der Waals surface area contributed by atoms with Gasteiger partial charge < -0.3 is 0 Å². The van der Waals surface area contributed by atoms with Gasteiger partial charge in [-0.2, -0.15) is 0 Å². The molecule has 0 N–H and O–H groups in total. The van der Waals surface area contributed by atoms with E-state index in [1.54, 1.807) is 0 Å². The van der Waals surface area contributed by atoms with E-state index in [1.165, 1.54) is 35.1 Å². The van der Waals surface area contributed by atoms with E-state index in [0.717, 1.165) is 12.8 Å². The summed E-state index contributed by atoms with van der Waals surface area (Å²) in [5.74, 6) is 1.07. The number of rotatable bonds is 9. The van der Waals surface area contributed by atoms with Gasteiger partial charge in [0, 0.05) is 5.92 Å². The third-order valence-corrected chi connectivity index (χ3v) is 4.16. The number of hydrogen-bond donors (Lipinski definition) is 0. The SMILES string of the molecule is C=C/C(=C(/C(=C)CC/C=C/C=C/C)C1CC1)[C@H](C)C(=C)C. The topological polar surface area (TPSA) is 0 Å². The van der Waals surface area contributed by atoms with Crippen molar-refractivity contribution in [3.05, 3.63) is 72.4 Å². The monoisotopic (exact) mass is 282 g/mol. The van der Waals surface area contributed by atoms with Crippen LogP contribution in [0.25, 0.3) is 0 Å². The first-order valence-electron chi connectivity index (χ1n) is 8.00. The van der Waals surface area contributed by atoms with Crippen molar-refractivity contribution in [2.24, 2.45) is 11.8 Å².